The van der Waals surface area contributed by atoms with Crippen LogP contribution < -0.4 is 4.72 Å². The second-order valence-corrected chi connectivity index (χ2v) is 6.98. The Morgan fingerprint density at radius 2 is 1.75 bits per heavy atom. The molecule has 3 aromatic rings. The molecule has 0 saturated heterocycles. The van der Waals surface area contributed by atoms with Gasteiger partial charge in [0.1, 0.15) is 0 Å². The summed E-state index contributed by atoms with van der Waals surface area (Å²) in [4.78, 5) is 4.30. The molecule has 1 aromatic heterocycles. The molecule has 3 rings (SSSR count). The van der Waals surface area contributed by atoms with Crippen molar-refractivity contribution in [2.24, 2.45) is 0 Å². The van der Waals surface area contributed by atoms with Gasteiger partial charge in [-0.3, -0.25) is 0 Å². The first-order valence-electron chi connectivity index (χ1n) is 7.49. The van der Waals surface area contributed by atoms with E-state index in [1.165, 1.54) is 0 Å². The predicted molar refractivity (Wildman–Crippen MR) is 89.8 cm³/mol. The number of nitrogens with one attached hydrogen (secondary N) is 1. The molecule has 7 heteroatoms. The van der Waals surface area contributed by atoms with E-state index in [1.807, 2.05) is 36.4 Å². The third kappa shape index (κ3) is 3.69. The van der Waals surface area contributed by atoms with Gasteiger partial charge in [0.2, 0.25) is 15.9 Å². The predicted octanol–water partition coefficient (Wildman–Crippen LogP) is 2.57. The Bertz CT molecular complexity index is 921. The van der Waals surface area contributed by atoms with Gasteiger partial charge < -0.3 is 4.52 Å². The Morgan fingerprint density at radius 3 is 2.46 bits per heavy atom. The van der Waals surface area contributed by atoms with Crippen molar-refractivity contribution in [3.8, 4) is 11.1 Å². The summed E-state index contributed by atoms with van der Waals surface area (Å²) >= 11 is 0. The minimum Gasteiger partial charge on any atom is -0.339 e. The second kappa shape index (κ2) is 6.94. The molecule has 0 saturated carbocycles. The number of hydrogen-bond acceptors (Lipinski definition) is 5. The van der Waals surface area contributed by atoms with Crippen molar-refractivity contribution < 1.29 is 12.9 Å². The molecule has 0 amide bonds. The van der Waals surface area contributed by atoms with E-state index in [9.17, 15) is 8.42 Å². The van der Waals surface area contributed by atoms with E-state index in [4.69, 9.17) is 4.52 Å². The first-order chi connectivity index (χ1) is 11.6. The fraction of sp³-hybridized carbons (Fsp3) is 0.176. The molecule has 24 heavy (non-hydrogen) atoms. The fourth-order valence-corrected chi connectivity index (χ4v) is 3.63. The number of benzene rings is 2. The van der Waals surface area contributed by atoms with Gasteiger partial charge >= 0.3 is 0 Å². The molecule has 0 bridgehead atoms. The average molecular weight is 343 g/mol. The van der Waals surface area contributed by atoms with E-state index >= 15 is 0 Å². The van der Waals surface area contributed by atoms with Crippen LogP contribution in [0.1, 0.15) is 11.7 Å². The molecule has 0 aliphatic rings. The van der Waals surface area contributed by atoms with Crippen LogP contribution in [-0.4, -0.2) is 25.1 Å². The molecule has 124 valence electrons. The van der Waals surface area contributed by atoms with Gasteiger partial charge in [0, 0.05) is 18.5 Å². The molecule has 1 N–H and O–H groups in total. The smallest absolute Gasteiger partial charge is 0.241 e. The summed E-state index contributed by atoms with van der Waals surface area (Å²) in [7, 11) is -3.64. The van der Waals surface area contributed by atoms with Gasteiger partial charge in [0.25, 0.3) is 0 Å². The minimum absolute atomic E-state index is 0.188. The number of hydrogen-bond donors (Lipinski definition) is 1. The van der Waals surface area contributed by atoms with Gasteiger partial charge in [-0.1, -0.05) is 53.7 Å². The summed E-state index contributed by atoms with van der Waals surface area (Å²) in [6, 6.07) is 16.3. The highest BCUT2D eigenvalue weighted by Gasteiger charge is 2.18. The van der Waals surface area contributed by atoms with Crippen LogP contribution in [0.5, 0.6) is 0 Å². The monoisotopic (exact) mass is 343 g/mol. The topological polar surface area (TPSA) is 85.1 Å². The van der Waals surface area contributed by atoms with Crippen LogP contribution in [0.3, 0.4) is 0 Å². The van der Waals surface area contributed by atoms with Gasteiger partial charge in [0.15, 0.2) is 5.82 Å². The number of rotatable bonds is 6. The molecule has 0 spiro atoms. The lowest BCUT2D eigenvalue weighted by Crippen LogP contribution is -2.26. The fourth-order valence-electron chi connectivity index (χ4n) is 2.37. The van der Waals surface area contributed by atoms with Crippen molar-refractivity contribution in [3.05, 3.63) is 66.3 Å². The van der Waals surface area contributed by atoms with Gasteiger partial charge in [-0.25, -0.2) is 13.1 Å². The molecule has 0 atom stereocenters. The average Bonchev–Trinajstić information content (AvgIpc) is 3.01. The summed E-state index contributed by atoms with van der Waals surface area (Å²) in [6.45, 7) is 1.90. The Kier molecular flexibility index (Phi) is 4.73. The largest absolute Gasteiger partial charge is 0.339 e. The maximum Gasteiger partial charge on any atom is 0.241 e. The van der Waals surface area contributed by atoms with Crippen LogP contribution in [0.4, 0.5) is 0 Å². The molecule has 2 aromatic carbocycles. The molecular formula is C17H17N3O3S. The summed E-state index contributed by atoms with van der Waals surface area (Å²) in [5, 5.41) is 3.68. The van der Waals surface area contributed by atoms with Crippen LogP contribution >= 0.6 is 0 Å². The number of aryl methyl sites for hydroxylation is 1. The second-order valence-electron chi connectivity index (χ2n) is 5.25. The van der Waals surface area contributed by atoms with E-state index in [0.717, 1.165) is 5.56 Å². The third-order valence-corrected chi connectivity index (χ3v) is 4.98. The van der Waals surface area contributed by atoms with Crippen molar-refractivity contribution in [1.29, 1.82) is 0 Å². The normalized spacial score (nSPS) is 11.5. The van der Waals surface area contributed by atoms with Gasteiger partial charge in [0.05, 0.1) is 4.90 Å². The standard InChI is InChI=1S/C17H17N3O3S/c1-13-19-17(23-20-13)11-12-18-24(21,22)16-10-6-5-9-15(16)14-7-3-2-4-8-14/h2-10,18H,11-12H2,1H3. The third-order valence-electron chi connectivity index (χ3n) is 3.46. The molecule has 6 nitrogen and oxygen atoms in total. The first kappa shape index (κ1) is 16.4. The van der Waals surface area contributed by atoms with Crippen molar-refractivity contribution in [1.82, 2.24) is 14.9 Å². The Hall–Kier alpha value is -2.51. The summed E-state index contributed by atoms with van der Waals surface area (Å²) < 4.78 is 32.9. The molecular weight excluding hydrogens is 326 g/mol. The molecule has 0 fully saturated rings. The Labute approximate surface area is 140 Å². The van der Waals surface area contributed by atoms with Crippen LogP contribution in [0.15, 0.2) is 64.0 Å². The van der Waals surface area contributed by atoms with Crippen molar-refractivity contribution >= 4 is 10.0 Å². The van der Waals surface area contributed by atoms with Crippen LogP contribution in [0.25, 0.3) is 11.1 Å². The zero-order valence-electron chi connectivity index (χ0n) is 13.1. The summed E-state index contributed by atoms with van der Waals surface area (Å²) in [5.41, 5.74) is 1.52. The van der Waals surface area contributed by atoms with Gasteiger partial charge in [-0.2, -0.15) is 4.98 Å². The molecule has 0 unspecified atom stereocenters. The zero-order chi connectivity index (χ0) is 17.0. The SMILES string of the molecule is Cc1noc(CCNS(=O)(=O)c2ccccc2-c2ccccc2)n1. The van der Waals surface area contributed by atoms with E-state index in [0.29, 0.717) is 23.7 Å². The first-order valence-corrected chi connectivity index (χ1v) is 8.98. The number of sulfonamides is 1. The Morgan fingerprint density at radius 1 is 1.04 bits per heavy atom. The van der Waals surface area contributed by atoms with E-state index in [2.05, 4.69) is 14.9 Å². The lowest BCUT2D eigenvalue weighted by Gasteiger charge is -2.11. The summed E-state index contributed by atoms with van der Waals surface area (Å²) in [5.74, 6) is 0.939. The van der Waals surface area contributed by atoms with Crippen LogP contribution in [0, 0.1) is 6.92 Å². The maximum absolute atomic E-state index is 12.6. The molecule has 1 heterocycles. The highest BCUT2D eigenvalue weighted by molar-refractivity contribution is 7.89. The highest BCUT2D eigenvalue weighted by atomic mass is 32.2. The van der Waals surface area contributed by atoms with Crippen molar-refractivity contribution in [2.45, 2.75) is 18.2 Å². The highest BCUT2D eigenvalue weighted by Crippen LogP contribution is 2.26. The van der Waals surface area contributed by atoms with E-state index in [-0.39, 0.29) is 11.4 Å². The maximum atomic E-state index is 12.6. The van der Waals surface area contributed by atoms with E-state index in [1.54, 1.807) is 25.1 Å². The number of aromatic nitrogens is 2. The van der Waals surface area contributed by atoms with Gasteiger partial charge in [-0.15, -0.1) is 0 Å². The van der Waals surface area contributed by atoms with Crippen molar-refractivity contribution in [2.75, 3.05) is 6.54 Å². The van der Waals surface area contributed by atoms with Crippen molar-refractivity contribution in [3.63, 3.8) is 0 Å². The van der Waals surface area contributed by atoms with Crippen LogP contribution in [-0.2, 0) is 16.4 Å². The minimum atomic E-state index is -3.64. The lowest BCUT2D eigenvalue weighted by molar-refractivity contribution is 0.375. The zero-order valence-corrected chi connectivity index (χ0v) is 14.0. The van der Waals surface area contributed by atoms with E-state index < -0.39 is 10.0 Å². The molecule has 0 aliphatic heterocycles. The lowest BCUT2D eigenvalue weighted by atomic mass is 10.1. The molecule has 0 aliphatic carbocycles. The number of nitrogens with zero attached hydrogens (tertiary/aromatic N) is 2. The quantitative estimate of drug-likeness (QED) is 0.743. The van der Waals surface area contributed by atoms with Crippen LogP contribution in [0.2, 0.25) is 0 Å². The summed E-state index contributed by atoms with van der Waals surface area (Å²) in [6.07, 6.45) is 0.341. The van der Waals surface area contributed by atoms with Gasteiger partial charge in [-0.05, 0) is 18.6 Å². The molecule has 0 radical (unpaired) electrons. The Balaban J connectivity index is 1.80.